The van der Waals surface area contributed by atoms with E-state index in [9.17, 15) is 9.59 Å². The first-order valence-electron chi connectivity index (χ1n) is 11.7. The van der Waals surface area contributed by atoms with E-state index in [4.69, 9.17) is 21.1 Å². The number of fused-ring (bicyclic) bond motifs is 1. The summed E-state index contributed by atoms with van der Waals surface area (Å²) in [7, 11) is 0. The number of nitrogens with zero attached hydrogens (tertiary/aromatic N) is 3. The van der Waals surface area contributed by atoms with Gasteiger partial charge in [0.1, 0.15) is 11.7 Å². The van der Waals surface area contributed by atoms with E-state index in [0.717, 1.165) is 25.7 Å². The molecule has 2 aromatic carbocycles. The molecule has 0 spiro atoms. The van der Waals surface area contributed by atoms with Crippen molar-refractivity contribution in [1.29, 1.82) is 0 Å². The van der Waals surface area contributed by atoms with Gasteiger partial charge in [0.2, 0.25) is 12.7 Å². The molecule has 1 atom stereocenters. The molecule has 2 aliphatic rings. The van der Waals surface area contributed by atoms with Crippen LogP contribution in [-0.4, -0.2) is 34.6 Å². The second kappa shape index (κ2) is 10.3. The Kier molecular flexibility index (Phi) is 6.81. The average Bonchev–Trinajstić information content (AvgIpc) is 3.37. The fourth-order valence-corrected chi connectivity index (χ4v) is 4.67. The Bertz CT molecular complexity index is 1200. The van der Waals surface area contributed by atoms with E-state index in [-0.39, 0.29) is 24.4 Å². The van der Waals surface area contributed by atoms with E-state index in [2.05, 4.69) is 15.3 Å². The lowest BCUT2D eigenvalue weighted by Crippen LogP contribution is -2.47. The standard InChI is InChI=1S/C26H25ClN4O4/c27-18-8-6-17(7-9-18)24(25(32)30-19-4-2-1-3-5-19)31(26(33)21-15-28-12-13-29-21)20-10-11-22-23(14-20)35-16-34-22/h6-15,19,24H,1-5,16H2,(H,30,32)/t24-/m1/s1. The number of rotatable bonds is 6. The number of hydrogen-bond donors (Lipinski definition) is 1. The van der Waals surface area contributed by atoms with Crippen LogP contribution in [0.25, 0.3) is 0 Å². The van der Waals surface area contributed by atoms with Crippen molar-refractivity contribution >= 4 is 29.1 Å². The van der Waals surface area contributed by atoms with Crippen LogP contribution in [0.4, 0.5) is 5.69 Å². The van der Waals surface area contributed by atoms with Crippen molar-refractivity contribution in [2.75, 3.05) is 11.7 Å². The molecule has 0 bridgehead atoms. The molecule has 2 amide bonds. The summed E-state index contributed by atoms with van der Waals surface area (Å²) < 4.78 is 11.0. The maximum absolute atomic E-state index is 13.9. The van der Waals surface area contributed by atoms with Crippen molar-refractivity contribution in [3.63, 3.8) is 0 Å². The third kappa shape index (κ3) is 5.07. The molecule has 0 unspecified atom stereocenters. The number of amides is 2. The van der Waals surface area contributed by atoms with E-state index in [1.807, 2.05) is 0 Å². The molecule has 1 aliphatic heterocycles. The second-order valence-electron chi connectivity index (χ2n) is 8.60. The van der Waals surface area contributed by atoms with Gasteiger partial charge in [0, 0.05) is 35.2 Å². The molecule has 35 heavy (non-hydrogen) atoms. The van der Waals surface area contributed by atoms with Gasteiger partial charge in [-0.25, -0.2) is 4.98 Å². The largest absolute Gasteiger partial charge is 0.454 e. The monoisotopic (exact) mass is 492 g/mol. The van der Waals surface area contributed by atoms with Crippen LogP contribution in [0.1, 0.15) is 54.2 Å². The van der Waals surface area contributed by atoms with Crippen molar-refractivity contribution in [3.8, 4) is 11.5 Å². The predicted octanol–water partition coefficient (Wildman–Crippen LogP) is 4.70. The van der Waals surface area contributed by atoms with Gasteiger partial charge in [0.15, 0.2) is 11.5 Å². The first-order valence-corrected chi connectivity index (χ1v) is 12.0. The predicted molar refractivity (Wildman–Crippen MR) is 131 cm³/mol. The van der Waals surface area contributed by atoms with Crippen LogP contribution >= 0.6 is 11.6 Å². The molecule has 1 fully saturated rings. The van der Waals surface area contributed by atoms with Crippen molar-refractivity contribution in [3.05, 3.63) is 77.3 Å². The molecule has 3 aromatic rings. The molecule has 0 saturated heterocycles. The quantitative estimate of drug-likeness (QED) is 0.536. The smallest absolute Gasteiger partial charge is 0.279 e. The molecule has 5 rings (SSSR count). The summed E-state index contributed by atoms with van der Waals surface area (Å²) in [6.45, 7) is 0.0969. The Morgan fingerprint density at radius 3 is 2.51 bits per heavy atom. The highest BCUT2D eigenvalue weighted by atomic mass is 35.5. The molecule has 1 aromatic heterocycles. The number of benzene rings is 2. The van der Waals surface area contributed by atoms with Crippen molar-refractivity contribution in [2.24, 2.45) is 0 Å². The maximum atomic E-state index is 13.9. The van der Waals surface area contributed by atoms with Crippen LogP contribution in [0.2, 0.25) is 5.02 Å². The molecule has 8 nitrogen and oxygen atoms in total. The van der Waals surface area contributed by atoms with Gasteiger partial charge in [-0.3, -0.25) is 19.5 Å². The summed E-state index contributed by atoms with van der Waals surface area (Å²) in [5.74, 6) is 0.349. The number of carbonyl (C=O) groups is 2. The van der Waals surface area contributed by atoms with Crippen LogP contribution in [0.15, 0.2) is 61.1 Å². The minimum absolute atomic E-state index is 0.0660. The number of nitrogens with one attached hydrogen (secondary N) is 1. The Morgan fingerprint density at radius 2 is 1.77 bits per heavy atom. The zero-order chi connectivity index (χ0) is 24.2. The number of hydrogen-bond acceptors (Lipinski definition) is 6. The van der Waals surface area contributed by atoms with E-state index in [1.54, 1.807) is 42.5 Å². The summed E-state index contributed by atoms with van der Waals surface area (Å²) in [5.41, 5.74) is 1.22. The molecule has 9 heteroatoms. The molecular formula is C26H25ClN4O4. The third-order valence-electron chi connectivity index (χ3n) is 6.28. The van der Waals surface area contributed by atoms with Crippen molar-refractivity contribution in [2.45, 2.75) is 44.2 Å². The van der Waals surface area contributed by atoms with Gasteiger partial charge in [-0.15, -0.1) is 0 Å². The number of anilines is 1. The number of halogens is 1. The molecule has 0 radical (unpaired) electrons. The Hall–Kier alpha value is -3.65. The number of ether oxygens (including phenoxy) is 2. The maximum Gasteiger partial charge on any atom is 0.279 e. The van der Waals surface area contributed by atoms with Crippen molar-refractivity contribution < 1.29 is 19.1 Å². The van der Waals surface area contributed by atoms with Crippen LogP contribution in [0, 0.1) is 0 Å². The van der Waals surface area contributed by atoms with Crippen LogP contribution in [0.5, 0.6) is 11.5 Å². The average molecular weight is 493 g/mol. The molecule has 2 heterocycles. The highest BCUT2D eigenvalue weighted by Crippen LogP contribution is 2.39. The summed E-state index contributed by atoms with van der Waals surface area (Å²) in [4.78, 5) is 37.4. The SMILES string of the molecule is O=C(NC1CCCCC1)[C@@H](c1ccc(Cl)cc1)N(C(=O)c1cnccn1)c1ccc2c(c1)OCO2. The lowest BCUT2D eigenvalue weighted by molar-refractivity contribution is -0.123. The minimum Gasteiger partial charge on any atom is -0.454 e. The van der Waals surface area contributed by atoms with E-state index < -0.39 is 11.9 Å². The highest BCUT2D eigenvalue weighted by Gasteiger charge is 2.36. The molecule has 180 valence electrons. The van der Waals surface area contributed by atoms with E-state index >= 15 is 0 Å². The summed E-state index contributed by atoms with van der Waals surface area (Å²) in [6, 6.07) is 11.2. The van der Waals surface area contributed by atoms with Crippen LogP contribution in [0.3, 0.4) is 0 Å². The van der Waals surface area contributed by atoms with Gasteiger partial charge in [-0.1, -0.05) is 43.0 Å². The van der Waals surface area contributed by atoms with Crippen LogP contribution < -0.4 is 19.7 Å². The van der Waals surface area contributed by atoms with Crippen molar-refractivity contribution in [1.82, 2.24) is 15.3 Å². The topological polar surface area (TPSA) is 93.7 Å². The lowest BCUT2D eigenvalue weighted by Gasteiger charge is -2.33. The lowest BCUT2D eigenvalue weighted by atomic mass is 9.94. The fraction of sp³-hybridized carbons (Fsp3) is 0.308. The molecular weight excluding hydrogens is 468 g/mol. The summed E-state index contributed by atoms with van der Waals surface area (Å²) >= 11 is 6.14. The minimum atomic E-state index is -0.968. The van der Waals surface area contributed by atoms with Gasteiger partial charge in [0.25, 0.3) is 5.91 Å². The zero-order valence-corrected chi connectivity index (χ0v) is 19.8. The third-order valence-corrected chi connectivity index (χ3v) is 6.53. The molecule has 1 N–H and O–H groups in total. The fourth-order valence-electron chi connectivity index (χ4n) is 4.54. The Labute approximate surface area is 208 Å². The summed E-state index contributed by atoms with van der Waals surface area (Å²) in [6.07, 6.45) is 9.48. The Balaban J connectivity index is 1.60. The number of aromatic nitrogens is 2. The zero-order valence-electron chi connectivity index (χ0n) is 19.0. The normalized spacial score (nSPS) is 15.9. The van der Waals surface area contributed by atoms with Gasteiger partial charge in [0.05, 0.1) is 6.20 Å². The first-order chi connectivity index (χ1) is 17.1. The molecule has 1 aliphatic carbocycles. The van der Waals surface area contributed by atoms with E-state index in [1.165, 1.54) is 29.9 Å². The van der Waals surface area contributed by atoms with Gasteiger partial charge < -0.3 is 14.8 Å². The second-order valence-corrected chi connectivity index (χ2v) is 9.04. The Morgan fingerprint density at radius 1 is 1.00 bits per heavy atom. The van der Waals surface area contributed by atoms with Crippen LogP contribution in [-0.2, 0) is 4.79 Å². The summed E-state index contributed by atoms with van der Waals surface area (Å²) in [5, 5.41) is 3.72. The first kappa shape index (κ1) is 23.1. The number of carbonyl (C=O) groups excluding carboxylic acids is 2. The van der Waals surface area contributed by atoms with Gasteiger partial charge in [-0.2, -0.15) is 0 Å². The van der Waals surface area contributed by atoms with Gasteiger partial charge >= 0.3 is 0 Å². The highest BCUT2D eigenvalue weighted by molar-refractivity contribution is 6.30. The molecule has 1 saturated carbocycles. The van der Waals surface area contributed by atoms with Gasteiger partial charge in [-0.05, 0) is 42.7 Å². The van der Waals surface area contributed by atoms with E-state index in [0.29, 0.717) is 27.8 Å².